The van der Waals surface area contributed by atoms with Crippen LogP contribution in [-0.2, 0) is 6.54 Å². The van der Waals surface area contributed by atoms with Crippen molar-refractivity contribution < 1.29 is 5.11 Å². The third-order valence-electron chi connectivity index (χ3n) is 3.91. The lowest BCUT2D eigenvalue weighted by atomic mass is 10.2. The second-order valence-electron chi connectivity index (χ2n) is 5.64. The van der Waals surface area contributed by atoms with Crippen LogP contribution in [0.2, 0.25) is 0 Å². The van der Waals surface area contributed by atoms with Crippen LogP contribution in [0.1, 0.15) is 17.5 Å². The summed E-state index contributed by atoms with van der Waals surface area (Å²) in [6, 6.07) is 16.2. The largest absolute Gasteiger partial charge is 0.507 e. The van der Waals surface area contributed by atoms with Crippen molar-refractivity contribution in [1.29, 1.82) is 0 Å². The van der Waals surface area contributed by atoms with Gasteiger partial charge in [-0.3, -0.25) is 9.89 Å². The van der Waals surface area contributed by atoms with Crippen LogP contribution < -0.4 is 0 Å². The Morgan fingerprint density at radius 1 is 1.23 bits per heavy atom. The molecule has 1 N–H and O–H groups in total. The first-order valence-electron chi connectivity index (χ1n) is 7.49. The predicted molar refractivity (Wildman–Crippen MR) is 93.5 cm³/mol. The summed E-state index contributed by atoms with van der Waals surface area (Å²) in [4.78, 5) is 7.07. The second-order valence-corrected chi connectivity index (χ2v) is 6.56. The van der Waals surface area contributed by atoms with Crippen molar-refractivity contribution in [3.63, 3.8) is 0 Å². The number of nitrogens with zero attached hydrogens (tertiary/aromatic N) is 2. The van der Waals surface area contributed by atoms with E-state index in [0.717, 1.165) is 36.1 Å². The average Bonchev–Trinajstić information content (AvgIpc) is 2.97. The highest BCUT2D eigenvalue weighted by molar-refractivity contribution is 9.10. The summed E-state index contributed by atoms with van der Waals surface area (Å²) in [6.45, 7) is 3.02. The number of aromatic hydroxyl groups is 1. The molecular formula is C18H19BrN2O. The Bertz CT molecular complexity index is 657. The Kier molecular flexibility index (Phi) is 4.90. The van der Waals surface area contributed by atoms with E-state index < -0.39 is 0 Å². The molecule has 1 atom stereocenters. The summed E-state index contributed by atoms with van der Waals surface area (Å²) < 4.78 is 0.948. The highest BCUT2D eigenvalue weighted by atomic mass is 79.9. The molecule has 0 saturated carbocycles. The van der Waals surface area contributed by atoms with Crippen molar-refractivity contribution >= 4 is 22.1 Å². The fourth-order valence-corrected chi connectivity index (χ4v) is 3.11. The van der Waals surface area contributed by atoms with Gasteiger partial charge in [0.1, 0.15) is 5.75 Å². The Morgan fingerprint density at radius 3 is 2.86 bits per heavy atom. The Morgan fingerprint density at radius 2 is 2.05 bits per heavy atom. The van der Waals surface area contributed by atoms with Gasteiger partial charge in [0.05, 0.1) is 6.04 Å². The number of phenolic OH excluding ortho intramolecular Hbond substituents is 1. The molecule has 1 fully saturated rings. The molecule has 4 heteroatoms. The van der Waals surface area contributed by atoms with Gasteiger partial charge in [0.15, 0.2) is 0 Å². The van der Waals surface area contributed by atoms with Crippen LogP contribution in [0, 0.1) is 0 Å². The van der Waals surface area contributed by atoms with E-state index in [1.165, 1.54) is 5.56 Å². The van der Waals surface area contributed by atoms with E-state index in [4.69, 9.17) is 0 Å². The van der Waals surface area contributed by atoms with Gasteiger partial charge in [-0.25, -0.2) is 0 Å². The fraction of sp³-hybridized carbons (Fsp3) is 0.278. The molecule has 114 valence electrons. The van der Waals surface area contributed by atoms with Crippen LogP contribution in [0.5, 0.6) is 5.75 Å². The summed E-state index contributed by atoms with van der Waals surface area (Å²) in [7, 11) is 0. The molecule has 22 heavy (non-hydrogen) atoms. The smallest absolute Gasteiger partial charge is 0.124 e. The van der Waals surface area contributed by atoms with Crippen LogP contribution in [0.25, 0.3) is 0 Å². The zero-order valence-electron chi connectivity index (χ0n) is 12.3. The molecule has 0 unspecified atom stereocenters. The van der Waals surface area contributed by atoms with Crippen molar-refractivity contribution in [2.45, 2.75) is 19.0 Å². The fourth-order valence-electron chi connectivity index (χ4n) is 2.73. The summed E-state index contributed by atoms with van der Waals surface area (Å²) >= 11 is 3.42. The van der Waals surface area contributed by atoms with Crippen molar-refractivity contribution in [3.05, 3.63) is 64.1 Å². The number of phenols is 1. The Hall–Kier alpha value is -1.65. The van der Waals surface area contributed by atoms with Crippen LogP contribution in [0.3, 0.4) is 0 Å². The van der Waals surface area contributed by atoms with E-state index in [1.54, 1.807) is 12.3 Å². The first-order chi connectivity index (χ1) is 10.7. The molecule has 0 amide bonds. The maximum absolute atomic E-state index is 9.83. The van der Waals surface area contributed by atoms with Crippen molar-refractivity contribution in [2.75, 3.05) is 13.1 Å². The highest BCUT2D eigenvalue weighted by Gasteiger charge is 2.21. The zero-order valence-corrected chi connectivity index (χ0v) is 13.9. The maximum Gasteiger partial charge on any atom is 0.124 e. The lowest BCUT2D eigenvalue weighted by Crippen LogP contribution is -2.21. The third kappa shape index (κ3) is 3.96. The van der Waals surface area contributed by atoms with Gasteiger partial charge in [0.2, 0.25) is 0 Å². The number of benzene rings is 2. The SMILES string of the molecule is Oc1ccc(Br)cc1C=N[C@H]1CCN(Cc2ccccc2)C1. The molecule has 1 saturated heterocycles. The van der Waals surface area contributed by atoms with Gasteiger partial charge in [-0.15, -0.1) is 0 Å². The van der Waals surface area contributed by atoms with E-state index in [1.807, 2.05) is 18.2 Å². The number of hydrogen-bond acceptors (Lipinski definition) is 3. The van der Waals surface area contributed by atoms with Crippen molar-refractivity contribution in [1.82, 2.24) is 4.90 Å². The molecule has 1 heterocycles. The topological polar surface area (TPSA) is 35.8 Å². The number of halogens is 1. The molecular weight excluding hydrogens is 340 g/mol. The van der Waals surface area contributed by atoms with Gasteiger partial charge in [0, 0.05) is 35.9 Å². The maximum atomic E-state index is 9.83. The Labute approximate surface area is 139 Å². The first kappa shape index (κ1) is 15.3. The molecule has 0 bridgehead atoms. The molecule has 3 nitrogen and oxygen atoms in total. The minimum absolute atomic E-state index is 0.270. The molecule has 3 rings (SSSR count). The normalized spacial score (nSPS) is 19.0. The standard InChI is InChI=1S/C18H19BrN2O/c19-16-6-7-18(22)15(10-16)11-20-17-8-9-21(13-17)12-14-4-2-1-3-5-14/h1-7,10-11,17,22H,8-9,12-13H2/t17-/m0/s1. The van der Waals surface area contributed by atoms with Gasteiger partial charge in [0.25, 0.3) is 0 Å². The summed E-state index contributed by atoms with van der Waals surface area (Å²) in [5.41, 5.74) is 2.10. The second kappa shape index (κ2) is 7.07. The molecule has 0 spiro atoms. The summed E-state index contributed by atoms with van der Waals surface area (Å²) in [6.07, 6.45) is 2.86. The number of rotatable bonds is 4. The first-order valence-corrected chi connectivity index (χ1v) is 8.28. The van der Waals surface area contributed by atoms with Gasteiger partial charge < -0.3 is 5.11 Å². The monoisotopic (exact) mass is 358 g/mol. The predicted octanol–water partition coefficient (Wildman–Crippen LogP) is 3.85. The van der Waals surface area contributed by atoms with E-state index in [2.05, 4.69) is 50.1 Å². The lowest BCUT2D eigenvalue weighted by molar-refractivity contribution is 0.327. The average molecular weight is 359 g/mol. The summed E-state index contributed by atoms with van der Waals surface area (Å²) in [5.74, 6) is 0.270. The van der Waals surface area contributed by atoms with E-state index >= 15 is 0 Å². The van der Waals surface area contributed by atoms with Crippen LogP contribution in [0.15, 0.2) is 58.0 Å². The van der Waals surface area contributed by atoms with Crippen molar-refractivity contribution in [2.24, 2.45) is 4.99 Å². The summed E-state index contributed by atoms with van der Waals surface area (Å²) in [5, 5.41) is 9.83. The Balaban J connectivity index is 1.59. The van der Waals surface area contributed by atoms with Gasteiger partial charge in [-0.05, 0) is 30.2 Å². The van der Waals surface area contributed by atoms with Crippen LogP contribution in [0.4, 0.5) is 0 Å². The minimum atomic E-state index is 0.270. The molecule has 1 aliphatic heterocycles. The highest BCUT2D eigenvalue weighted by Crippen LogP contribution is 2.21. The number of hydrogen-bond donors (Lipinski definition) is 1. The zero-order chi connectivity index (χ0) is 15.4. The molecule has 0 aliphatic carbocycles. The quantitative estimate of drug-likeness (QED) is 0.842. The number of likely N-dealkylation sites (tertiary alicyclic amines) is 1. The molecule has 2 aromatic rings. The third-order valence-corrected chi connectivity index (χ3v) is 4.40. The lowest BCUT2D eigenvalue weighted by Gasteiger charge is -2.14. The molecule has 0 radical (unpaired) electrons. The molecule has 1 aliphatic rings. The minimum Gasteiger partial charge on any atom is -0.507 e. The van der Waals surface area contributed by atoms with E-state index in [0.29, 0.717) is 6.04 Å². The van der Waals surface area contributed by atoms with Crippen molar-refractivity contribution in [3.8, 4) is 5.75 Å². The van der Waals surface area contributed by atoms with Gasteiger partial charge in [-0.1, -0.05) is 46.3 Å². The number of aliphatic imine (C=N–C) groups is 1. The molecule has 0 aromatic heterocycles. The molecule has 2 aromatic carbocycles. The van der Waals surface area contributed by atoms with Gasteiger partial charge in [-0.2, -0.15) is 0 Å². The van der Waals surface area contributed by atoms with E-state index in [-0.39, 0.29) is 5.75 Å². The van der Waals surface area contributed by atoms with E-state index in [9.17, 15) is 5.11 Å². The van der Waals surface area contributed by atoms with Crippen LogP contribution >= 0.6 is 15.9 Å². The van der Waals surface area contributed by atoms with Crippen LogP contribution in [-0.4, -0.2) is 35.4 Å². The van der Waals surface area contributed by atoms with Gasteiger partial charge >= 0.3 is 0 Å².